The zero-order chi connectivity index (χ0) is 16.8. The molecule has 0 saturated carbocycles. The second-order valence-electron chi connectivity index (χ2n) is 5.04. The summed E-state index contributed by atoms with van der Waals surface area (Å²) in [7, 11) is 1.58. The third-order valence-electron chi connectivity index (χ3n) is 3.32. The van der Waals surface area contributed by atoms with Crippen LogP contribution in [0.25, 0.3) is 10.6 Å². The van der Waals surface area contributed by atoms with Crippen LogP contribution < -0.4 is 10.6 Å². The van der Waals surface area contributed by atoms with Crippen molar-refractivity contribution in [1.29, 1.82) is 0 Å². The van der Waals surface area contributed by atoms with E-state index in [4.69, 9.17) is 9.15 Å². The number of nitrogens with one attached hydrogen (secondary N) is 2. The summed E-state index contributed by atoms with van der Waals surface area (Å²) in [6.07, 6.45) is 3.32. The number of carbonyl (C=O) groups is 1. The molecule has 0 aliphatic heterocycles. The molecule has 0 aliphatic carbocycles. The molecule has 6 nitrogen and oxygen atoms in total. The molecule has 1 aromatic carbocycles. The highest BCUT2D eigenvalue weighted by Gasteiger charge is 2.17. The van der Waals surface area contributed by atoms with E-state index in [-0.39, 0.29) is 12.1 Å². The number of hydrogen-bond acceptors (Lipinski definition) is 5. The normalized spacial score (nSPS) is 11.9. The van der Waals surface area contributed by atoms with E-state index in [1.807, 2.05) is 29.6 Å². The smallest absolute Gasteiger partial charge is 0.319 e. The summed E-state index contributed by atoms with van der Waals surface area (Å²) in [5.41, 5.74) is 1.65. The number of ether oxygens (including phenoxy) is 1. The fraction of sp³-hybridized carbons (Fsp3) is 0.176. The zero-order valence-corrected chi connectivity index (χ0v) is 13.9. The topological polar surface area (TPSA) is 76.4 Å². The number of benzene rings is 1. The lowest BCUT2D eigenvalue weighted by molar-refractivity contribution is 0.159. The van der Waals surface area contributed by atoms with E-state index < -0.39 is 0 Å². The van der Waals surface area contributed by atoms with Gasteiger partial charge in [-0.2, -0.15) is 0 Å². The molecule has 0 spiro atoms. The Hall–Kier alpha value is -2.64. The van der Waals surface area contributed by atoms with E-state index in [0.717, 1.165) is 10.6 Å². The lowest BCUT2D eigenvalue weighted by Gasteiger charge is -2.16. The summed E-state index contributed by atoms with van der Waals surface area (Å²) in [4.78, 5) is 16.5. The average molecular weight is 343 g/mol. The van der Waals surface area contributed by atoms with E-state index >= 15 is 0 Å². The molecule has 0 fully saturated rings. The van der Waals surface area contributed by atoms with Crippen molar-refractivity contribution in [3.05, 3.63) is 60.0 Å². The predicted molar refractivity (Wildman–Crippen MR) is 93.0 cm³/mol. The molecule has 0 saturated heterocycles. The molecule has 0 aliphatic rings. The van der Waals surface area contributed by atoms with Crippen LogP contribution in [0.15, 0.2) is 58.7 Å². The summed E-state index contributed by atoms with van der Waals surface area (Å²) in [5.74, 6) is 0.642. The van der Waals surface area contributed by atoms with Crippen molar-refractivity contribution in [3.8, 4) is 10.6 Å². The molecule has 124 valence electrons. The van der Waals surface area contributed by atoms with Gasteiger partial charge in [0, 0.05) is 29.9 Å². The fourth-order valence-electron chi connectivity index (χ4n) is 2.27. The highest BCUT2D eigenvalue weighted by Crippen LogP contribution is 2.24. The van der Waals surface area contributed by atoms with Crippen LogP contribution in [0.2, 0.25) is 0 Å². The summed E-state index contributed by atoms with van der Waals surface area (Å²) in [6, 6.07) is 10.4. The molecule has 2 heterocycles. The molecule has 7 heteroatoms. The number of hydrogen-bond donors (Lipinski definition) is 2. The summed E-state index contributed by atoms with van der Waals surface area (Å²) >= 11 is 1.55. The molecule has 0 radical (unpaired) electrons. The average Bonchev–Trinajstić information content (AvgIpc) is 3.28. The first-order chi connectivity index (χ1) is 11.8. The van der Waals surface area contributed by atoms with Gasteiger partial charge in [-0.25, -0.2) is 9.78 Å². The van der Waals surface area contributed by atoms with Gasteiger partial charge in [0.1, 0.15) is 16.8 Å². The molecule has 0 unspecified atom stereocenters. The Morgan fingerprint density at radius 3 is 3.00 bits per heavy atom. The first kappa shape index (κ1) is 16.2. The van der Waals surface area contributed by atoms with Crippen molar-refractivity contribution in [1.82, 2.24) is 10.3 Å². The van der Waals surface area contributed by atoms with Crippen LogP contribution in [0.3, 0.4) is 0 Å². The summed E-state index contributed by atoms with van der Waals surface area (Å²) in [5, 5.41) is 8.49. The van der Waals surface area contributed by atoms with Gasteiger partial charge < -0.3 is 19.8 Å². The second kappa shape index (κ2) is 7.76. The zero-order valence-electron chi connectivity index (χ0n) is 13.1. The number of anilines is 1. The van der Waals surface area contributed by atoms with Gasteiger partial charge in [0.2, 0.25) is 0 Å². The monoisotopic (exact) mass is 343 g/mol. The molecular weight excluding hydrogens is 326 g/mol. The number of aromatic nitrogens is 1. The van der Waals surface area contributed by atoms with Crippen LogP contribution in [0.4, 0.5) is 10.5 Å². The maximum absolute atomic E-state index is 12.3. The molecule has 2 aromatic heterocycles. The fourth-order valence-corrected chi connectivity index (χ4v) is 2.91. The molecule has 3 rings (SSSR count). The van der Waals surface area contributed by atoms with Crippen LogP contribution >= 0.6 is 11.3 Å². The Morgan fingerprint density at radius 1 is 1.38 bits per heavy atom. The van der Waals surface area contributed by atoms with Crippen molar-refractivity contribution in [3.63, 3.8) is 0 Å². The minimum absolute atomic E-state index is 0.320. The van der Waals surface area contributed by atoms with E-state index in [9.17, 15) is 4.79 Å². The highest BCUT2D eigenvalue weighted by atomic mass is 32.1. The van der Waals surface area contributed by atoms with Crippen LogP contribution in [-0.2, 0) is 4.74 Å². The number of thiazole rings is 1. The number of rotatable bonds is 6. The molecule has 2 amide bonds. The van der Waals surface area contributed by atoms with Crippen LogP contribution in [0.5, 0.6) is 0 Å². The predicted octanol–water partition coefficient (Wildman–Crippen LogP) is 3.91. The SMILES string of the molecule is COC[C@@H](NC(=O)Nc1cccc(-c2nccs2)c1)c1ccco1. The maximum atomic E-state index is 12.3. The van der Waals surface area contributed by atoms with Gasteiger partial charge in [0.05, 0.1) is 12.9 Å². The van der Waals surface area contributed by atoms with E-state index in [2.05, 4.69) is 15.6 Å². The van der Waals surface area contributed by atoms with Gasteiger partial charge in [0.25, 0.3) is 0 Å². The Kier molecular flexibility index (Phi) is 5.25. The lowest BCUT2D eigenvalue weighted by atomic mass is 10.2. The second-order valence-corrected chi connectivity index (χ2v) is 5.93. The van der Waals surface area contributed by atoms with Crippen molar-refractivity contribution in [2.24, 2.45) is 0 Å². The van der Waals surface area contributed by atoms with Gasteiger partial charge in [-0.05, 0) is 24.3 Å². The summed E-state index contributed by atoms with van der Waals surface area (Å²) in [6.45, 7) is 0.320. The molecule has 1 atom stereocenters. The molecular formula is C17H17N3O3S. The molecule has 24 heavy (non-hydrogen) atoms. The number of urea groups is 1. The standard InChI is InChI=1S/C17H17N3O3S/c1-22-11-14(15-6-3-8-23-15)20-17(21)19-13-5-2-4-12(10-13)16-18-7-9-24-16/h2-10,14H,11H2,1H3,(H2,19,20,21)/t14-/m1/s1. The van der Waals surface area contributed by atoms with Crippen LogP contribution in [-0.4, -0.2) is 24.7 Å². The third-order valence-corrected chi connectivity index (χ3v) is 4.15. The minimum atomic E-state index is -0.354. The van der Waals surface area contributed by atoms with Gasteiger partial charge in [-0.15, -0.1) is 11.3 Å². The molecule has 2 N–H and O–H groups in total. The van der Waals surface area contributed by atoms with Crippen LogP contribution in [0.1, 0.15) is 11.8 Å². The van der Waals surface area contributed by atoms with Crippen molar-refractivity contribution >= 4 is 23.1 Å². The third kappa shape index (κ3) is 4.01. The lowest BCUT2D eigenvalue weighted by Crippen LogP contribution is -2.34. The van der Waals surface area contributed by atoms with Gasteiger partial charge in [-0.1, -0.05) is 12.1 Å². The number of methoxy groups -OCH3 is 1. The van der Waals surface area contributed by atoms with Gasteiger partial charge in [0.15, 0.2) is 0 Å². The van der Waals surface area contributed by atoms with E-state index in [0.29, 0.717) is 18.1 Å². The first-order valence-corrected chi connectivity index (χ1v) is 8.24. The summed E-state index contributed by atoms with van der Waals surface area (Å²) < 4.78 is 10.5. The largest absolute Gasteiger partial charge is 0.467 e. The van der Waals surface area contributed by atoms with E-state index in [1.54, 1.807) is 43.0 Å². The highest BCUT2D eigenvalue weighted by molar-refractivity contribution is 7.13. The van der Waals surface area contributed by atoms with Crippen molar-refractivity contribution < 1.29 is 13.9 Å². The Balaban J connectivity index is 1.67. The first-order valence-electron chi connectivity index (χ1n) is 7.36. The van der Waals surface area contributed by atoms with Crippen molar-refractivity contribution in [2.45, 2.75) is 6.04 Å². The molecule has 3 aromatic rings. The Labute approximate surface area is 143 Å². The molecule has 0 bridgehead atoms. The minimum Gasteiger partial charge on any atom is -0.467 e. The number of furan rings is 1. The van der Waals surface area contributed by atoms with Crippen LogP contribution in [0, 0.1) is 0 Å². The number of amides is 2. The Bertz CT molecular complexity index is 772. The van der Waals surface area contributed by atoms with Gasteiger partial charge in [-0.3, -0.25) is 0 Å². The number of nitrogens with zero attached hydrogens (tertiary/aromatic N) is 1. The maximum Gasteiger partial charge on any atom is 0.319 e. The van der Waals surface area contributed by atoms with E-state index in [1.165, 1.54) is 0 Å². The Morgan fingerprint density at radius 2 is 2.29 bits per heavy atom. The van der Waals surface area contributed by atoms with Gasteiger partial charge >= 0.3 is 6.03 Å². The number of carbonyl (C=O) groups excluding carboxylic acids is 1. The van der Waals surface area contributed by atoms with Crippen molar-refractivity contribution in [2.75, 3.05) is 19.0 Å². The quantitative estimate of drug-likeness (QED) is 0.711.